The van der Waals surface area contributed by atoms with Crippen LogP contribution >= 0.6 is 22.9 Å². The third kappa shape index (κ3) is 2.73. The Hall–Kier alpha value is -2.50. The van der Waals surface area contributed by atoms with Crippen molar-refractivity contribution in [1.29, 1.82) is 0 Å². The first-order valence-electron chi connectivity index (χ1n) is 7.97. The summed E-state index contributed by atoms with van der Waals surface area (Å²) in [6.07, 6.45) is 0. The number of carbonyl (C=O) groups is 1. The van der Waals surface area contributed by atoms with Gasteiger partial charge in [-0.1, -0.05) is 35.4 Å². The Morgan fingerprint density at radius 3 is 2.69 bits per heavy atom. The Kier molecular flexibility index (Phi) is 4.13. The summed E-state index contributed by atoms with van der Waals surface area (Å²) in [4.78, 5) is 19.1. The SMILES string of the molecule is Cc1ccc2nc(Cl)c3cc(C(=O)N(C)c4ccccc4F)sc3c2c1. The zero-order valence-electron chi connectivity index (χ0n) is 14.1. The van der Waals surface area contributed by atoms with E-state index in [2.05, 4.69) is 4.98 Å². The van der Waals surface area contributed by atoms with E-state index in [1.54, 1.807) is 31.3 Å². The van der Waals surface area contributed by atoms with Crippen molar-refractivity contribution in [2.24, 2.45) is 0 Å². The number of benzene rings is 2. The van der Waals surface area contributed by atoms with E-state index in [-0.39, 0.29) is 11.6 Å². The number of pyridine rings is 1. The van der Waals surface area contributed by atoms with E-state index in [1.165, 1.54) is 22.3 Å². The summed E-state index contributed by atoms with van der Waals surface area (Å²) in [7, 11) is 1.56. The molecule has 130 valence electrons. The molecule has 1 amide bonds. The molecule has 0 spiro atoms. The van der Waals surface area contributed by atoms with E-state index in [4.69, 9.17) is 11.6 Å². The number of fused-ring (bicyclic) bond motifs is 3. The second kappa shape index (κ2) is 6.34. The van der Waals surface area contributed by atoms with Crippen molar-refractivity contribution in [3.63, 3.8) is 0 Å². The van der Waals surface area contributed by atoms with E-state index >= 15 is 0 Å². The van der Waals surface area contributed by atoms with Crippen molar-refractivity contribution in [3.05, 3.63) is 69.9 Å². The van der Waals surface area contributed by atoms with Crippen LogP contribution in [0.3, 0.4) is 0 Å². The van der Waals surface area contributed by atoms with Crippen LogP contribution in [0.25, 0.3) is 21.0 Å². The van der Waals surface area contributed by atoms with Gasteiger partial charge in [-0.3, -0.25) is 4.79 Å². The molecule has 0 atom stereocenters. The van der Waals surface area contributed by atoms with Gasteiger partial charge in [0.25, 0.3) is 5.91 Å². The van der Waals surface area contributed by atoms with Crippen LogP contribution in [-0.4, -0.2) is 17.9 Å². The van der Waals surface area contributed by atoms with Crippen LogP contribution < -0.4 is 4.90 Å². The lowest BCUT2D eigenvalue weighted by molar-refractivity contribution is 0.0996. The molecule has 0 saturated carbocycles. The minimum Gasteiger partial charge on any atom is -0.308 e. The standard InChI is InChI=1S/C20H14ClFN2OS/c1-11-7-8-15-12(9-11)18-13(19(21)23-15)10-17(26-18)20(25)24(2)16-6-4-3-5-14(16)22/h3-10H,1-2H3. The van der Waals surface area contributed by atoms with Crippen molar-refractivity contribution in [2.75, 3.05) is 11.9 Å². The summed E-state index contributed by atoms with van der Waals surface area (Å²) in [6, 6.07) is 13.9. The first-order chi connectivity index (χ1) is 12.5. The number of nitrogens with zero attached hydrogens (tertiary/aromatic N) is 2. The topological polar surface area (TPSA) is 33.2 Å². The van der Waals surface area contributed by atoms with Crippen LogP contribution in [-0.2, 0) is 0 Å². The molecule has 0 N–H and O–H groups in total. The number of hydrogen-bond acceptors (Lipinski definition) is 3. The Bertz CT molecular complexity index is 1170. The van der Waals surface area contributed by atoms with E-state index < -0.39 is 5.82 Å². The first-order valence-corrected chi connectivity index (χ1v) is 9.17. The number of halogens is 2. The quantitative estimate of drug-likeness (QED) is 0.407. The molecule has 0 bridgehead atoms. The van der Waals surface area contributed by atoms with Crippen molar-refractivity contribution >= 4 is 55.5 Å². The predicted octanol–water partition coefficient (Wildman–Crippen LogP) is 5.83. The monoisotopic (exact) mass is 384 g/mol. The lowest BCUT2D eigenvalue weighted by Gasteiger charge is -2.16. The summed E-state index contributed by atoms with van der Waals surface area (Å²) >= 11 is 7.67. The molecule has 3 nitrogen and oxygen atoms in total. The number of anilines is 1. The average molecular weight is 385 g/mol. The number of aromatic nitrogens is 1. The molecule has 6 heteroatoms. The van der Waals surface area contributed by atoms with E-state index in [9.17, 15) is 9.18 Å². The van der Waals surface area contributed by atoms with Gasteiger partial charge in [-0.25, -0.2) is 9.37 Å². The third-order valence-corrected chi connectivity index (χ3v) is 5.74. The average Bonchev–Trinajstić information content (AvgIpc) is 3.08. The summed E-state index contributed by atoms with van der Waals surface area (Å²) in [5.41, 5.74) is 2.13. The van der Waals surface area contributed by atoms with Gasteiger partial charge in [-0.2, -0.15) is 0 Å². The van der Waals surface area contributed by atoms with Gasteiger partial charge in [0.15, 0.2) is 0 Å². The summed E-state index contributed by atoms with van der Waals surface area (Å²) in [5.74, 6) is -0.724. The van der Waals surface area contributed by atoms with Gasteiger partial charge in [0, 0.05) is 22.5 Å². The van der Waals surface area contributed by atoms with Crippen molar-refractivity contribution in [2.45, 2.75) is 6.92 Å². The van der Waals surface area contributed by atoms with Crippen LogP contribution in [0.4, 0.5) is 10.1 Å². The second-order valence-electron chi connectivity index (χ2n) is 6.09. The van der Waals surface area contributed by atoms with E-state index in [0.717, 1.165) is 26.6 Å². The molecule has 0 fully saturated rings. The molecule has 0 aliphatic heterocycles. The van der Waals surface area contributed by atoms with E-state index in [1.807, 2.05) is 25.1 Å². The summed E-state index contributed by atoms with van der Waals surface area (Å²) in [5, 5.41) is 2.06. The highest BCUT2D eigenvalue weighted by Crippen LogP contribution is 2.37. The fourth-order valence-electron chi connectivity index (χ4n) is 2.94. The molecule has 2 aromatic carbocycles. The molecule has 4 aromatic rings. The number of rotatable bonds is 2. The molecule has 26 heavy (non-hydrogen) atoms. The van der Waals surface area contributed by atoms with Gasteiger partial charge >= 0.3 is 0 Å². The van der Waals surface area contributed by atoms with Gasteiger partial charge in [-0.05, 0) is 37.3 Å². The predicted molar refractivity (Wildman–Crippen MR) is 106 cm³/mol. The number of hydrogen-bond donors (Lipinski definition) is 0. The molecular formula is C20H14ClFN2OS. The van der Waals surface area contributed by atoms with Crippen molar-refractivity contribution in [1.82, 2.24) is 4.98 Å². The number of carbonyl (C=O) groups excluding carboxylic acids is 1. The zero-order valence-corrected chi connectivity index (χ0v) is 15.7. The fourth-order valence-corrected chi connectivity index (χ4v) is 4.40. The minimum atomic E-state index is -0.440. The van der Waals surface area contributed by atoms with Crippen LogP contribution in [0.2, 0.25) is 5.15 Å². The van der Waals surface area contributed by atoms with E-state index in [0.29, 0.717) is 10.0 Å². The highest BCUT2D eigenvalue weighted by Gasteiger charge is 2.20. The molecule has 4 rings (SSSR count). The van der Waals surface area contributed by atoms with Crippen LogP contribution in [0.15, 0.2) is 48.5 Å². The Morgan fingerprint density at radius 2 is 1.92 bits per heavy atom. The van der Waals surface area contributed by atoms with Crippen LogP contribution in [0, 0.1) is 12.7 Å². The Morgan fingerprint density at radius 1 is 1.15 bits per heavy atom. The van der Waals surface area contributed by atoms with Gasteiger partial charge in [-0.15, -0.1) is 11.3 Å². The van der Waals surface area contributed by atoms with Gasteiger partial charge in [0.2, 0.25) is 0 Å². The molecule has 0 radical (unpaired) electrons. The smallest absolute Gasteiger partial charge is 0.268 e. The maximum Gasteiger partial charge on any atom is 0.268 e. The van der Waals surface area contributed by atoms with Gasteiger partial charge in [0.05, 0.1) is 16.1 Å². The maximum atomic E-state index is 14.0. The largest absolute Gasteiger partial charge is 0.308 e. The van der Waals surface area contributed by atoms with Crippen molar-refractivity contribution < 1.29 is 9.18 Å². The fraction of sp³-hybridized carbons (Fsp3) is 0.100. The summed E-state index contributed by atoms with van der Waals surface area (Å²) < 4.78 is 14.9. The number of amides is 1. The third-order valence-electron chi connectivity index (χ3n) is 4.30. The lowest BCUT2D eigenvalue weighted by atomic mass is 10.1. The van der Waals surface area contributed by atoms with Gasteiger partial charge < -0.3 is 4.90 Å². The molecule has 0 aliphatic carbocycles. The second-order valence-corrected chi connectivity index (χ2v) is 7.50. The Balaban J connectivity index is 1.86. The number of thiophene rings is 1. The Labute approximate surface area is 158 Å². The number of aryl methyl sites for hydroxylation is 1. The zero-order chi connectivity index (χ0) is 18.4. The first kappa shape index (κ1) is 16.9. The molecule has 0 unspecified atom stereocenters. The van der Waals surface area contributed by atoms with Crippen molar-refractivity contribution in [3.8, 4) is 0 Å². The van der Waals surface area contributed by atoms with Gasteiger partial charge in [0.1, 0.15) is 11.0 Å². The molecule has 0 saturated heterocycles. The van der Waals surface area contributed by atoms with Crippen LogP contribution in [0.5, 0.6) is 0 Å². The minimum absolute atomic E-state index is 0.236. The lowest BCUT2D eigenvalue weighted by Crippen LogP contribution is -2.26. The summed E-state index contributed by atoms with van der Waals surface area (Å²) in [6.45, 7) is 2.01. The molecular weight excluding hydrogens is 371 g/mol. The highest BCUT2D eigenvalue weighted by molar-refractivity contribution is 7.22. The normalized spacial score (nSPS) is 11.2. The highest BCUT2D eigenvalue weighted by atomic mass is 35.5. The molecule has 0 aliphatic rings. The molecule has 2 heterocycles. The number of para-hydroxylation sites is 1. The molecule has 2 aromatic heterocycles. The van der Waals surface area contributed by atoms with Crippen LogP contribution in [0.1, 0.15) is 15.2 Å². The maximum absolute atomic E-state index is 14.0.